The third-order valence-corrected chi connectivity index (χ3v) is 3.00. The summed E-state index contributed by atoms with van der Waals surface area (Å²) < 4.78 is 37.6. The summed E-state index contributed by atoms with van der Waals surface area (Å²) in [5.74, 6) is -0.159. The zero-order valence-corrected chi connectivity index (χ0v) is 12.1. The fourth-order valence-corrected chi connectivity index (χ4v) is 2.17. The topological polar surface area (TPSA) is 29.1 Å². The van der Waals surface area contributed by atoms with Crippen LogP contribution >= 0.6 is 11.6 Å². The van der Waals surface area contributed by atoms with Crippen molar-refractivity contribution in [2.75, 3.05) is 6.54 Å². The van der Waals surface area contributed by atoms with Gasteiger partial charge in [0.2, 0.25) is 0 Å². The molecule has 1 aromatic carbocycles. The van der Waals surface area contributed by atoms with Crippen LogP contribution < -0.4 is 5.32 Å². The van der Waals surface area contributed by atoms with Crippen LogP contribution in [0, 0.1) is 5.92 Å². The molecule has 0 bridgehead atoms. The summed E-state index contributed by atoms with van der Waals surface area (Å²) in [6, 6.07) is 4.32. The minimum Gasteiger partial charge on any atom is -0.351 e. The van der Waals surface area contributed by atoms with Gasteiger partial charge in [0.15, 0.2) is 0 Å². The Morgan fingerprint density at radius 3 is 2.55 bits per heavy atom. The predicted octanol–water partition coefficient (Wildman–Crippen LogP) is 4.09. The van der Waals surface area contributed by atoms with Crippen LogP contribution in [0.25, 0.3) is 0 Å². The number of rotatable bonds is 5. The van der Waals surface area contributed by atoms with E-state index in [-0.39, 0.29) is 17.5 Å². The van der Waals surface area contributed by atoms with Crippen LogP contribution in [-0.4, -0.2) is 17.8 Å². The van der Waals surface area contributed by atoms with Gasteiger partial charge in [-0.3, -0.25) is 4.79 Å². The molecular weight excluding hydrogens is 291 g/mol. The van der Waals surface area contributed by atoms with Gasteiger partial charge in [0.1, 0.15) is 0 Å². The van der Waals surface area contributed by atoms with E-state index in [1.54, 1.807) is 0 Å². The third kappa shape index (κ3) is 5.41. The molecule has 0 saturated carbocycles. The normalized spacial score (nSPS) is 13.3. The van der Waals surface area contributed by atoms with Crippen LogP contribution in [0.15, 0.2) is 24.3 Å². The smallest absolute Gasteiger partial charge is 0.351 e. The molecular formula is C14H17ClF3NO. The summed E-state index contributed by atoms with van der Waals surface area (Å²) in [6.07, 6.45) is -3.73. The third-order valence-electron chi connectivity index (χ3n) is 2.66. The molecule has 112 valence electrons. The second-order valence-electron chi connectivity index (χ2n) is 5.02. The molecule has 1 aromatic rings. The number of carbonyl (C=O) groups is 1. The van der Waals surface area contributed by atoms with Crippen molar-refractivity contribution in [3.05, 3.63) is 35.4 Å². The van der Waals surface area contributed by atoms with E-state index < -0.39 is 17.6 Å². The van der Waals surface area contributed by atoms with Gasteiger partial charge in [0, 0.05) is 12.1 Å². The maximum Gasteiger partial charge on any atom is 0.416 e. The molecule has 0 heterocycles. The van der Waals surface area contributed by atoms with Crippen LogP contribution in [0.4, 0.5) is 13.2 Å². The first-order valence-electron chi connectivity index (χ1n) is 6.29. The Morgan fingerprint density at radius 1 is 1.35 bits per heavy atom. The number of nitrogens with one attached hydrogen (secondary N) is 1. The minimum atomic E-state index is -4.46. The molecule has 0 saturated heterocycles. The zero-order chi connectivity index (χ0) is 15.3. The summed E-state index contributed by atoms with van der Waals surface area (Å²) in [5.41, 5.74) is -0.858. The lowest BCUT2D eigenvalue weighted by Crippen LogP contribution is -2.30. The first-order valence-corrected chi connectivity index (χ1v) is 6.73. The van der Waals surface area contributed by atoms with Crippen molar-refractivity contribution >= 4 is 17.5 Å². The van der Waals surface area contributed by atoms with Crippen molar-refractivity contribution in [2.24, 2.45) is 5.92 Å². The van der Waals surface area contributed by atoms with E-state index in [0.717, 1.165) is 18.6 Å². The Morgan fingerprint density at radius 2 is 2.00 bits per heavy atom. The molecule has 1 N–H and O–H groups in total. The first-order chi connectivity index (χ1) is 9.20. The Balaban J connectivity index is 2.64. The number of halogens is 4. The molecule has 6 heteroatoms. The van der Waals surface area contributed by atoms with E-state index in [1.807, 2.05) is 13.8 Å². The van der Waals surface area contributed by atoms with Gasteiger partial charge in [0.05, 0.1) is 10.9 Å². The highest BCUT2D eigenvalue weighted by Crippen LogP contribution is 2.29. The molecule has 1 unspecified atom stereocenters. The predicted molar refractivity (Wildman–Crippen MR) is 72.9 cm³/mol. The highest BCUT2D eigenvalue weighted by molar-refractivity contribution is 6.20. The molecule has 0 aliphatic heterocycles. The standard InChI is InChI=1S/C14H17ClF3NO/c1-9(2)6-12(15)8-19-13(20)10-4-3-5-11(7-10)14(16,17)18/h3-5,7,9,12H,6,8H2,1-2H3,(H,19,20). The largest absolute Gasteiger partial charge is 0.416 e. The van der Waals surface area contributed by atoms with Gasteiger partial charge >= 0.3 is 6.18 Å². The molecule has 0 fully saturated rings. The Bertz CT molecular complexity index is 460. The van der Waals surface area contributed by atoms with E-state index in [9.17, 15) is 18.0 Å². The fourth-order valence-electron chi connectivity index (χ4n) is 1.74. The van der Waals surface area contributed by atoms with Gasteiger partial charge in [-0.2, -0.15) is 13.2 Å². The molecule has 0 aliphatic rings. The zero-order valence-electron chi connectivity index (χ0n) is 11.3. The maximum atomic E-state index is 12.5. The SMILES string of the molecule is CC(C)CC(Cl)CNC(=O)c1cccc(C(F)(F)F)c1. The van der Waals surface area contributed by atoms with Gasteiger partial charge in [0.25, 0.3) is 5.91 Å². The highest BCUT2D eigenvalue weighted by Gasteiger charge is 2.30. The number of hydrogen-bond acceptors (Lipinski definition) is 1. The van der Waals surface area contributed by atoms with E-state index in [1.165, 1.54) is 12.1 Å². The molecule has 20 heavy (non-hydrogen) atoms. The van der Waals surface area contributed by atoms with Gasteiger partial charge in [-0.1, -0.05) is 19.9 Å². The molecule has 0 spiro atoms. The lowest BCUT2D eigenvalue weighted by atomic mass is 10.1. The number of amides is 1. The summed E-state index contributed by atoms with van der Waals surface area (Å²) in [7, 11) is 0. The summed E-state index contributed by atoms with van der Waals surface area (Å²) in [6.45, 7) is 4.24. The second-order valence-corrected chi connectivity index (χ2v) is 5.63. The number of alkyl halides is 4. The van der Waals surface area contributed by atoms with Crippen molar-refractivity contribution in [3.8, 4) is 0 Å². The van der Waals surface area contributed by atoms with Crippen LogP contribution in [0.2, 0.25) is 0 Å². The molecule has 0 aliphatic carbocycles. The molecule has 0 radical (unpaired) electrons. The van der Waals surface area contributed by atoms with E-state index in [0.29, 0.717) is 5.92 Å². The van der Waals surface area contributed by atoms with Crippen molar-refractivity contribution in [1.29, 1.82) is 0 Å². The van der Waals surface area contributed by atoms with Gasteiger partial charge in [-0.15, -0.1) is 11.6 Å². The number of benzene rings is 1. The van der Waals surface area contributed by atoms with Crippen LogP contribution in [0.3, 0.4) is 0 Å². The molecule has 2 nitrogen and oxygen atoms in total. The number of carbonyl (C=O) groups excluding carboxylic acids is 1. The summed E-state index contributed by atoms with van der Waals surface area (Å²) in [5, 5.41) is 2.31. The average molecular weight is 308 g/mol. The molecule has 1 rings (SSSR count). The lowest BCUT2D eigenvalue weighted by Gasteiger charge is -2.13. The number of hydrogen-bond donors (Lipinski definition) is 1. The van der Waals surface area contributed by atoms with Gasteiger partial charge in [-0.05, 0) is 30.5 Å². The molecule has 1 atom stereocenters. The Kier molecular flexibility index (Phi) is 5.87. The minimum absolute atomic E-state index is 0.0201. The van der Waals surface area contributed by atoms with E-state index in [2.05, 4.69) is 5.32 Å². The van der Waals surface area contributed by atoms with Crippen molar-refractivity contribution in [1.82, 2.24) is 5.32 Å². The lowest BCUT2D eigenvalue weighted by molar-refractivity contribution is -0.137. The molecule has 1 amide bonds. The van der Waals surface area contributed by atoms with Crippen LogP contribution in [-0.2, 0) is 6.18 Å². The summed E-state index contributed by atoms with van der Waals surface area (Å²) in [4.78, 5) is 11.8. The monoisotopic (exact) mass is 307 g/mol. The quantitative estimate of drug-likeness (QED) is 0.816. The Hall–Kier alpha value is -1.23. The fraction of sp³-hybridized carbons (Fsp3) is 0.500. The first kappa shape index (κ1) is 16.8. The van der Waals surface area contributed by atoms with Crippen LogP contribution in [0.1, 0.15) is 36.2 Å². The highest BCUT2D eigenvalue weighted by atomic mass is 35.5. The van der Waals surface area contributed by atoms with Gasteiger partial charge in [-0.25, -0.2) is 0 Å². The second kappa shape index (κ2) is 6.97. The van der Waals surface area contributed by atoms with Crippen molar-refractivity contribution < 1.29 is 18.0 Å². The van der Waals surface area contributed by atoms with Crippen molar-refractivity contribution in [3.63, 3.8) is 0 Å². The average Bonchev–Trinajstić information content (AvgIpc) is 2.34. The van der Waals surface area contributed by atoms with Crippen molar-refractivity contribution in [2.45, 2.75) is 31.8 Å². The maximum absolute atomic E-state index is 12.5. The van der Waals surface area contributed by atoms with E-state index >= 15 is 0 Å². The van der Waals surface area contributed by atoms with Gasteiger partial charge < -0.3 is 5.32 Å². The van der Waals surface area contributed by atoms with E-state index in [4.69, 9.17) is 11.6 Å². The molecule has 0 aromatic heterocycles. The van der Waals surface area contributed by atoms with Crippen LogP contribution in [0.5, 0.6) is 0 Å². The Labute approximate surface area is 121 Å². The summed E-state index contributed by atoms with van der Waals surface area (Å²) >= 11 is 6.02.